The van der Waals surface area contributed by atoms with Crippen LogP contribution < -0.4 is 0 Å². The standard InChI is InChI=1S/C8H21NO3S2Si2/c1-15(9-10,7-3-5-13)12-16(2,11)8-4-6-14/h11,13-14H,3-8H2,1-2H3. The van der Waals surface area contributed by atoms with E-state index in [2.05, 4.69) is 30.1 Å². The molecule has 0 bridgehead atoms. The quantitative estimate of drug-likeness (QED) is 0.348. The summed E-state index contributed by atoms with van der Waals surface area (Å²) in [6.07, 6.45) is 1.60. The minimum atomic E-state index is -2.74. The Bertz CT molecular complexity index is 221. The molecule has 0 saturated heterocycles. The predicted molar refractivity (Wildman–Crippen MR) is 78.9 cm³/mol. The summed E-state index contributed by atoms with van der Waals surface area (Å²) >= 11 is 8.20. The second-order valence-electron chi connectivity index (χ2n) is 4.20. The molecule has 0 aromatic carbocycles. The van der Waals surface area contributed by atoms with Crippen LogP contribution >= 0.6 is 25.3 Å². The number of nitrogens with zero attached hydrogens (tertiary/aromatic N) is 1. The van der Waals surface area contributed by atoms with Crippen LogP contribution in [0.5, 0.6) is 0 Å². The highest BCUT2D eigenvalue weighted by Gasteiger charge is 2.40. The van der Waals surface area contributed by atoms with Crippen LogP contribution in [0.1, 0.15) is 12.8 Å². The Morgan fingerprint density at radius 1 is 1.19 bits per heavy atom. The van der Waals surface area contributed by atoms with E-state index in [1.807, 2.05) is 0 Å². The Morgan fingerprint density at radius 2 is 1.69 bits per heavy atom. The molecule has 8 heteroatoms. The third-order valence-corrected chi connectivity index (χ3v) is 9.33. The molecule has 4 nitrogen and oxygen atoms in total. The average Bonchev–Trinajstić information content (AvgIpc) is 2.23. The Morgan fingerprint density at radius 3 is 2.12 bits per heavy atom. The van der Waals surface area contributed by atoms with Crippen molar-refractivity contribution >= 4 is 42.3 Å². The summed E-state index contributed by atoms with van der Waals surface area (Å²) < 4.78 is 5.67. The van der Waals surface area contributed by atoms with Crippen LogP contribution in [0.3, 0.4) is 0 Å². The third-order valence-electron chi connectivity index (χ3n) is 2.23. The molecule has 0 saturated carbocycles. The molecule has 0 rings (SSSR count). The number of hydrogen-bond acceptors (Lipinski definition) is 6. The van der Waals surface area contributed by atoms with Gasteiger partial charge in [-0.15, -0.1) is 0 Å². The van der Waals surface area contributed by atoms with Crippen LogP contribution in [0.15, 0.2) is 4.84 Å². The maximum atomic E-state index is 10.8. The monoisotopic (exact) mass is 299 g/mol. The summed E-state index contributed by atoms with van der Waals surface area (Å²) in [5, 5.41) is 0. The van der Waals surface area contributed by atoms with E-state index in [1.165, 1.54) is 0 Å². The molecule has 2 atom stereocenters. The molecule has 0 aliphatic carbocycles. The largest absolute Gasteiger partial charge is 0.416 e. The zero-order chi connectivity index (χ0) is 12.7. The molecule has 1 N–H and O–H groups in total. The Kier molecular flexibility index (Phi) is 8.20. The molecule has 2 unspecified atom stereocenters. The van der Waals surface area contributed by atoms with Crippen molar-refractivity contribution in [2.24, 2.45) is 4.84 Å². The number of hydrogen-bond donors (Lipinski definition) is 3. The van der Waals surface area contributed by atoms with Crippen molar-refractivity contribution in [2.75, 3.05) is 11.5 Å². The van der Waals surface area contributed by atoms with Gasteiger partial charge in [-0.3, -0.25) is 0 Å². The van der Waals surface area contributed by atoms with Gasteiger partial charge < -0.3 is 8.91 Å². The van der Waals surface area contributed by atoms with Crippen molar-refractivity contribution in [3.63, 3.8) is 0 Å². The lowest BCUT2D eigenvalue weighted by Gasteiger charge is -2.28. The lowest BCUT2D eigenvalue weighted by Crippen LogP contribution is -2.47. The summed E-state index contributed by atoms with van der Waals surface area (Å²) in [6, 6.07) is 1.24. The Balaban J connectivity index is 4.32. The van der Waals surface area contributed by atoms with E-state index < -0.39 is 17.0 Å². The van der Waals surface area contributed by atoms with E-state index in [9.17, 15) is 9.70 Å². The normalized spacial score (nSPS) is 18.8. The van der Waals surface area contributed by atoms with Gasteiger partial charge in [-0.2, -0.15) is 30.2 Å². The predicted octanol–water partition coefficient (Wildman–Crippen LogP) is 2.55. The lowest BCUT2D eigenvalue weighted by atomic mass is 10.6. The fraction of sp³-hybridized carbons (Fsp3) is 1.00. The molecule has 0 aliphatic rings. The summed E-state index contributed by atoms with van der Waals surface area (Å²) in [7, 11) is -5.36. The van der Waals surface area contributed by atoms with Gasteiger partial charge in [0.15, 0.2) is 0 Å². The third kappa shape index (κ3) is 7.07. The number of nitroso groups, excluding NO2 is 1. The topological polar surface area (TPSA) is 58.9 Å². The fourth-order valence-corrected chi connectivity index (χ4v) is 8.88. The van der Waals surface area contributed by atoms with E-state index in [0.717, 1.165) is 18.6 Å². The molecule has 0 aromatic rings. The van der Waals surface area contributed by atoms with E-state index in [0.29, 0.717) is 17.8 Å². The van der Waals surface area contributed by atoms with Crippen LogP contribution in [0.4, 0.5) is 0 Å². The molecular weight excluding hydrogens is 278 g/mol. The van der Waals surface area contributed by atoms with Crippen LogP contribution in [0, 0.1) is 4.91 Å². The summed E-state index contributed by atoms with van der Waals surface area (Å²) in [5.74, 6) is 1.43. The first-order valence-electron chi connectivity index (χ1n) is 5.38. The fourth-order valence-electron chi connectivity index (χ4n) is 1.45. The molecule has 0 aliphatic heterocycles. The minimum absolute atomic E-state index is 0.607. The summed E-state index contributed by atoms with van der Waals surface area (Å²) in [4.78, 5) is 24.1. The van der Waals surface area contributed by atoms with Crippen LogP contribution in [-0.4, -0.2) is 33.3 Å². The van der Waals surface area contributed by atoms with E-state index in [-0.39, 0.29) is 0 Å². The van der Waals surface area contributed by atoms with Gasteiger partial charge in [-0.1, -0.05) is 4.84 Å². The van der Waals surface area contributed by atoms with Crippen LogP contribution in [0.2, 0.25) is 25.2 Å². The molecule has 0 spiro atoms. The molecule has 0 amide bonds. The van der Waals surface area contributed by atoms with Gasteiger partial charge in [-0.05, 0) is 49.5 Å². The van der Waals surface area contributed by atoms with Crippen molar-refractivity contribution in [1.82, 2.24) is 0 Å². The van der Waals surface area contributed by atoms with Crippen molar-refractivity contribution in [3.8, 4) is 0 Å². The molecule has 0 fully saturated rings. The molecule has 16 heavy (non-hydrogen) atoms. The maximum absolute atomic E-state index is 10.8. The first kappa shape index (κ1) is 16.7. The first-order valence-corrected chi connectivity index (χ1v) is 11.8. The van der Waals surface area contributed by atoms with Gasteiger partial charge in [0.05, 0.1) is 0 Å². The smallest absolute Gasteiger partial charge is 0.361 e. The van der Waals surface area contributed by atoms with Gasteiger partial charge >= 0.3 is 17.0 Å². The molecule has 0 radical (unpaired) electrons. The molecule has 0 heterocycles. The number of thiol groups is 2. The first-order chi connectivity index (χ1) is 7.39. The van der Waals surface area contributed by atoms with Gasteiger partial charge in [0.2, 0.25) is 0 Å². The molecule has 96 valence electrons. The highest BCUT2D eigenvalue weighted by molar-refractivity contribution is 7.80. The average molecular weight is 300 g/mol. The van der Waals surface area contributed by atoms with Crippen LogP contribution in [-0.2, 0) is 4.12 Å². The van der Waals surface area contributed by atoms with Crippen molar-refractivity contribution in [3.05, 3.63) is 4.91 Å². The molecular formula is C8H21NO3S2Si2. The Labute approximate surface area is 110 Å². The van der Waals surface area contributed by atoms with Crippen LogP contribution in [0.25, 0.3) is 0 Å². The van der Waals surface area contributed by atoms with Crippen molar-refractivity contribution in [2.45, 2.75) is 38.0 Å². The lowest BCUT2D eigenvalue weighted by molar-refractivity contribution is 0.370. The van der Waals surface area contributed by atoms with E-state index >= 15 is 0 Å². The minimum Gasteiger partial charge on any atom is -0.416 e. The number of rotatable bonds is 9. The summed E-state index contributed by atoms with van der Waals surface area (Å²) in [6.45, 7) is 3.47. The van der Waals surface area contributed by atoms with Crippen molar-refractivity contribution in [1.29, 1.82) is 0 Å². The highest BCUT2D eigenvalue weighted by Crippen LogP contribution is 2.23. The zero-order valence-electron chi connectivity index (χ0n) is 9.85. The second kappa shape index (κ2) is 7.88. The second-order valence-corrected chi connectivity index (χ2v) is 11.8. The van der Waals surface area contributed by atoms with Gasteiger partial charge in [0.1, 0.15) is 0 Å². The Hall–Kier alpha value is 0.654. The van der Waals surface area contributed by atoms with Gasteiger partial charge in [0, 0.05) is 0 Å². The van der Waals surface area contributed by atoms with Crippen molar-refractivity contribution < 1.29 is 8.91 Å². The molecule has 0 aromatic heterocycles. The SMILES string of the molecule is C[Si](O)(CCCS)O[Si](C)(CCCS)N=O. The zero-order valence-corrected chi connectivity index (χ0v) is 13.6. The van der Waals surface area contributed by atoms with Gasteiger partial charge in [-0.25, -0.2) is 0 Å². The summed E-state index contributed by atoms with van der Waals surface area (Å²) in [5.41, 5.74) is 0. The highest BCUT2D eigenvalue weighted by atomic mass is 32.1. The van der Waals surface area contributed by atoms with E-state index in [1.54, 1.807) is 13.1 Å². The van der Waals surface area contributed by atoms with Gasteiger partial charge in [0.25, 0.3) is 0 Å². The van der Waals surface area contributed by atoms with E-state index in [4.69, 9.17) is 4.12 Å². The maximum Gasteiger partial charge on any atom is 0.361 e.